The number of ether oxygens (including phenoxy) is 3. The molecule has 2 rings (SSSR count). The molecule has 0 unspecified atom stereocenters. The topological polar surface area (TPSA) is 82.5 Å². The van der Waals surface area contributed by atoms with E-state index in [9.17, 15) is 9.59 Å². The Balaban J connectivity index is 2.32. The first-order chi connectivity index (χ1) is 8.15. The normalized spacial score (nSPS) is 28.5. The van der Waals surface area contributed by atoms with Crippen molar-refractivity contribution in [3.63, 3.8) is 0 Å². The molecule has 0 bridgehead atoms. The Morgan fingerprint density at radius 2 is 2.18 bits per heavy atom. The number of aromatic amines is 1. The van der Waals surface area contributed by atoms with Crippen molar-refractivity contribution >= 4 is 0 Å². The molecule has 1 aromatic rings. The molecule has 7 heteroatoms. The maximum Gasteiger partial charge on any atom is 0.330 e. The van der Waals surface area contributed by atoms with Crippen molar-refractivity contribution in [2.75, 3.05) is 14.2 Å². The minimum atomic E-state index is -0.589. The molecule has 2 heterocycles. The summed E-state index contributed by atoms with van der Waals surface area (Å²) in [7, 11) is 3.06. The fourth-order valence-electron chi connectivity index (χ4n) is 1.84. The molecule has 17 heavy (non-hydrogen) atoms. The van der Waals surface area contributed by atoms with Crippen molar-refractivity contribution in [1.29, 1.82) is 0 Å². The second-order valence-electron chi connectivity index (χ2n) is 3.72. The molecule has 1 aliphatic rings. The third kappa shape index (κ3) is 2.31. The number of nitrogens with zero attached hydrogens (tertiary/aromatic N) is 1. The van der Waals surface area contributed by atoms with Gasteiger partial charge in [0, 0.05) is 32.9 Å². The zero-order valence-electron chi connectivity index (χ0n) is 9.58. The molecule has 1 fully saturated rings. The van der Waals surface area contributed by atoms with Gasteiger partial charge in [-0.05, 0) is 0 Å². The summed E-state index contributed by atoms with van der Waals surface area (Å²) in [6, 6.07) is 1.26. The molecule has 0 aromatic carbocycles. The van der Waals surface area contributed by atoms with Crippen LogP contribution in [-0.2, 0) is 14.2 Å². The molecule has 0 aliphatic carbocycles. The van der Waals surface area contributed by atoms with Gasteiger partial charge in [-0.1, -0.05) is 0 Å². The van der Waals surface area contributed by atoms with E-state index >= 15 is 0 Å². The van der Waals surface area contributed by atoms with Crippen LogP contribution in [0.1, 0.15) is 12.6 Å². The number of methoxy groups -OCH3 is 2. The molecule has 1 aliphatic heterocycles. The molecular formula is C10H14N2O5. The van der Waals surface area contributed by atoms with Gasteiger partial charge in [0.15, 0.2) is 12.5 Å². The molecule has 3 atom stereocenters. The quantitative estimate of drug-likeness (QED) is 0.768. The molecule has 94 valence electrons. The van der Waals surface area contributed by atoms with Crippen molar-refractivity contribution in [2.24, 2.45) is 0 Å². The lowest BCUT2D eigenvalue weighted by Crippen LogP contribution is -2.35. The largest absolute Gasteiger partial charge is 0.377 e. The predicted octanol–water partition coefficient (Wildman–Crippen LogP) is -0.557. The predicted molar refractivity (Wildman–Crippen MR) is 57.7 cm³/mol. The first kappa shape index (κ1) is 12.0. The van der Waals surface area contributed by atoms with Gasteiger partial charge in [-0.3, -0.25) is 14.3 Å². The Kier molecular flexibility index (Phi) is 3.41. The molecule has 1 aromatic heterocycles. The maximum absolute atomic E-state index is 11.6. The average Bonchev–Trinajstić information content (AvgIpc) is 2.72. The highest BCUT2D eigenvalue weighted by atomic mass is 16.7. The number of hydrogen-bond donors (Lipinski definition) is 1. The van der Waals surface area contributed by atoms with E-state index < -0.39 is 23.8 Å². The Labute approximate surface area is 96.9 Å². The summed E-state index contributed by atoms with van der Waals surface area (Å²) in [6.45, 7) is 0. The molecule has 0 spiro atoms. The van der Waals surface area contributed by atoms with Crippen molar-refractivity contribution in [3.05, 3.63) is 33.1 Å². The van der Waals surface area contributed by atoms with Gasteiger partial charge in [0.25, 0.3) is 5.56 Å². The molecule has 7 nitrogen and oxygen atoms in total. The number of H-pyrrole nitrogens is 1. The fourth-order valence-corrected chi connectivity index (χ4v) is 1.84. The lowest BCUT2D eigenvalue weighted by molar-refractivity contribution is -0.142. The number of nitrogens with one attached hydrogen (secondary N) is 1. The van der Waals surface area contributed by atoms with Crippen LogP contribution in [0.5, 0.6) is 0 Å². The number of aromatic nitrogens is 2. The highest BCUT2D eigenvalue weighted by Gasteiger charge is 2.37. The van der Waals surface area contributed by atoms with Gasteiger partial charge in [-0.2, -0.15) is 0 Å². The van der Waals surface area contributed by atoms with Crippen LogP contribution in [0.3, 0.4) is 0 Å². The lowest BCUT2D eigenvalue weighted by atomic mass is 10.2. The summed E-state index contributed by atoms with van der Waals surface area (Å²) in [4.78, 5) is 24.7. The highest BCUT2D eigenvalue weighted by molar-refractivity contribution is 4.88. The summed E-state index contributed by atoms with van der Waals surface area (Å²) in [6.07, 6.45) is 0.626. The fraction of sp³-hybridized carbons (Fsp3) is 0.600. The second-order valence-corrected chi connectivity index (χ2v) is 3.72. The van der Waals surface area contributed by atoms with Gasteiger partial charge in [-0.15, -0.1) is 0 Å². The summed E-state index contributed by atoms with van der Waals surface area (Å²) < 4.78 is 17.1. The molecule has 0 saturated carbocycles. The van der Waals surface area contributed by atoms with E-state index in [0.717, 1.165) is 0 Å². The standard InChI is InChI=1S/C10H14N2O5/c1-15-6-5-8(16-2)17-9(6)12-4-3-7(13)11-10(12)14/h3-4,6,8-9H,5H2,1-2H3,(H,11,13,14)/t6-,8-,9-/m1/s1. The Morgan fingerprint density at radius 1 is 1.41 bits per heavy atom. The minimum Gasteiger partial charge on any atom is -0.377 e. The van der Waals surface area contributed by atoms with Crippen LogP contribution in [0.4, 0.5) is 0 Å². The van der Waals surface area contributed by atoms with E-state index in [0.29, 0.717) is 6.42 Å². The smallest absolute Gasteiger partial charge is 0.330 e. The molecular weight excluding hydrogens is 228 g/mol. The van der Waals surface area contributed by atoms with E-state index in [1.165, 1.54) is 31.0 Å². The Morgan fingerprint density at radius 3 is 2.76 bits per heavy atom. The summed E-state index contributed by atoms with van der Waals surface area (Å²) >= 11 is 0. The van der Waals surface area contributed by atoms with Crippen molar-refractivity contribution in [1.82, 2.24) is 9.55 Å². The third-order valence-electron chi connectivity index (χ3n) is 2.72. The third-order valence-corrected chi connectivity index (χ3v) is 2.72. The van der Waals surface area contributed by atoms with Crippen LogP contribution in [0.25, 0.3) is 0 Å². The lowest BCUT2D eigenvalue weighted by Gasteiger charge is -2.18. The molecule has 0 radical (unpaired) electrons. The monoisotopic (exact) mass is 242 g/mol. The highest BCUT2D eigenvalue weighted by Crippen LogP contribution is 2.29. The first-order valence-corrected chi connectivity index (χ1v) is 5.18. The van der Waals surface area contributed by atoms with Crippen LogP contribution in [0, 0.1) is 0 Å². The summed E-state index contributed by atoms with van der Waals surface area (Å²) in [5.41, 5.74) is -0.970. The zero-order valence-corrected chi connectivity index (χ0v) is 9.58. The zero-order chi connectivity index (χ0) is 12.4. The molecule has 1 N–H and O–H groups in total. The van der Waals surface area contributed by atoms with Gasteiger partial charge < -0.3 is 14.2 Å². The summed E-state index contributed by atoms with van der Waals surface area (Å²) in [5.74, 6) is 0. The van der Waals surface area contributed by atoms with Crippen molar-refractivity contribution in [2.45, 2.75) is 25.0 Å². The van der Waals surface area contributed by atoms with Gasteiger partial charge >= 0.3 is 5.69 Å². The van der Waals surface area contributed by atoms with Crippen LogP contribution >= 0.6 is 0 Å². The van der Waals surface area contributed by atoms with Crippen LogP contribution < -0.4 is 11.2 Å². The van der Waals surface area contributed by atoms with Crippen LogP contribution in [0.2, 0.25) is 0 Å². The maximum atomic E-state index is 11.6. The van der Waals surface area contributed by atoms with E-state index in [2.05, 4.69) is 4.98 Å². The SMILES string of the molecule is CO[C@H]1C[C@@H](OC)[C@H](n2ccc(=O)[nH]c2=O)O1. The minimum absolute atomic E-state index is 0.288. The number of rotatable bonds is 3. The Bertz CT molecular complexity index is 494. The average molecular weight is 242 g/mol. The first-order valence-electron chi connectivity index (χ1n) is 5.18. The van der Waals surface area contributed by atoms with Gasteiger partial charge in [0.1, 0.15) is 6.10 Å². The van der Waals surface area contributed by atoms with Gasteiger partial charge in [0.05, 0.1) is 0 Å². The van der Waals surface area contributed by atoms with Gasteiger partial charge in [0.2, 0.25) is 0 Å². The number of hydrogen-bond acceptors (Lipinski definition) is 5. The Hall–Kier alpha value is -1.44. The van der Waals surface area contributed by atoms with E-state index in [1.807, 2.05) is 0 Å². The molecule has 1 saturated heterocycles. The van der Waals surface area contributed by atoms with Crippen LogP contribution in [-0.4, -0.2) is 36.2 Å². The molecule has 0 amide bonds. The van der Waals surface area contributed by atoms with E-state index in [1.54, 1.807) is 0 Å². The van der Waals surface area contributed by atoms with Gasteiger partial charge in [-0.25, -0.2) is 4.79 Å². The van der Waals surface area contributed by atoms with E-state index in [4.69, 9.17) is 14.2 Å². The van der Waals surface area contributed by atoms with Crippen molar-refractivity contribution in [3.8, 4) is 0 Å². The van der Waals surface area contributed by atoms with E-state index in [-0.39, 0.29) is 6.10 Å². The van der Waals surface area contributed by atoms with Crippen molar-refractivity contribution < 1.29 is 14.2 Å². The van der Waals surface area contributed by atoms with Crippen LogP contribution in [0.15, 0.2) is 21.9 Å². The summed E-state index contributed by atoms with van der Waals surface area (Å²) in [5, 5.41) is 0. The second kappa shape index (κ2) is 4.82.